The van der Waals surface area contributed by atoms with Gasteiger partial charge in [-0.1, -0.05) is 0 Å². The van der Waals surface area contributed by atoms with E-state index in [4.69, 9.17) is 0 Å². The van der Waals surface area contributed by atoms with Crippen LogP contribution in [0.5, 0.6) is 0 Å². The molecule has 0 aliphatic heterocycles. The number of benzene rings is 1. The maximum Gasteiger partial charge on any atom is 2.00 e. The molecule has 0 unspecified atom stereocenters. The van der Waals surface area contributed by atoms with Gasteiger partial charge in [-0.25, -0.2) is 4.39 Å². The molecule has 0 aliphatic rings. The molecule has 0 amide bonds. The molecular weight excluding hydrogens is 296 g/mol. The second kappa shape index (κ2) is 6.19. The van der Waals surface area contributed by atoms with E-state index < -0.39 is 17.6 Å². The second-order valence-corrected chi connectivity index (χ2v) is 2.71. The summed E-state index contributed by atoms with van der Waals surface area (Å²) in [5.41, 5.74) is -1.02. The van der Waals surface area contributed by atoms with Gasteiger partial charge in [0.15, 0.2) is 0 Å². The SMILES string of the molecule is Br.Fc1cc(S)cc(C(F)(F)F)c1.[H-].[H-].[Mg+2]. The molecule has 0 fully saturated rings. The fourth-order valence-electron chi connectivity index (χ4n) is 0.738. The van der Waals surface area contributed by atoms with Gasteiger partial charge < -0.3 is 2.85 Å². The van der Waals surface area contributed by atoms with E-state index in [1.165, 1.54) is 0 Å². The minimum absolute atomic E-state index is 0. The van der Waals surface area contributed by atoms with Crippen LogP contribution in [0.2, 0.25) is 0 Å². The van der Waals surface area contributed by atoms with Gasteiger partial charge in [-0.3, -0.25) is 0 Å². The number of thiol groups is 1. The molecule has 0 saturated carbocycles. The monoisotopic (exact) mass is 302 g/mol. The van der Waals surface area contributed by atoms with Crippen LogP contribution < -0.4 is 0 Å². The summed E-state index contributed by atoms with van der Waals surface area (Å²) in [5.74, 6) is -0.935. The van der Waals surface area contributed by atoms with Gasteiger partial charge >= 0.3 is 29.2 Å². The van der Waals surface area contributed by atoms with Crippen molar-refractivity contribution in [2.75, 3.05) is 0 Å². The van der Waals surface area contributed by atoms with Crippen molar-refractivity contribution < 1.29 is 20.4 Å². The van der Waals surface area contributed by atoms with Crippen molar-refractivity contribution in [3.63, 3.8) is 0 Å². The van der Waals surface area contributed by atoms with Crippen molar-refractivity contribution in [1.82, 2.24) is 0 Å². The van der Waals surface area contributed by atoms with Gasteiger partial charge in [0, 0.05) is 4.90 Å². The summed E-state index contributed by atoms with van der Waals surface area (Å²) >= 11 is 3.62. The predicted molar refractivity (Wildman–Crippen MR) is 57.0 cm³/mol. The van der Waals surface area contributed by atoms with Crippen LogP contribution in [-0.4, -0.2) is 23.1 Å². The number of halogens is 5. The summed E-state index contributed by atoms with van der Waals surface area (Å²) in [4.78, 5) is -0.0395. The van der Waals surface area contributed by atoms with Gasteiger partial charge in [0.2, 0.25) is 0 Å². The molecule has 1 aromatic carbocycles. The van der Waals surface area contributed by atoms with Gasteiger partial charge in [0.25, 0.3) is 0 Å². The van der Waals surface area contributed by atoms with Crippen LogP contribution in [0.4, 0.5) is 17.6 Å². The first-order chi connectivity index (χ1) is 5.39. The molecule has 0 aromatic heterocycles. The minimum Gasteiger partial charge on any atom is -1.00 e. The largest absolute Gasteiger partial charge is 2.00 e. The van der Waals surface area contributed by atoms with E-state index in [0.29, 0.717) is 6.07 Å². The molecule has 0 nitrogen and oxygen atoms in total. The van der Waals surface area contributed by atoms with Crippen LogP contribution in [0.25, 0.3) is 0 Å². The van der Waals surface area contributed by atoms with Crippen LogP contribution >= 0.6 is 29.6 Å². The van der Waals surface area contributed by atoms with Crippen molar-refractivity contribution in [3.8, 4) is 0 Å². The maximum atomic E-state index is 12.4. The topological polar surface area (TPSA) is 0 Å². The van der Waals surface area contributed by atoms with E-state index in [1.54, 1.807) is 0 Å². The van der Waals surface area contributed by atoms with E-state index in [9.17, 15) is 17.6 Å². The van der Waals surface area contributed by atoms with E-state index in [2.05, 4.69) is 12.6 Å². The Morgan fingerprint density at radius 1 is 1.14 bits per heavy atom. The van der Waals surface area contributed by atoms with Crippen LogP contribution in [-0.2, 0) is 6.18 Å². The molecular formula is C7H7BrF4MgS. The average molecular weight is 303 g/mol. The summed E-state index contributed by atoms with van der Waals surface area (Å²) in [7, 11) is 0. The summed E-state index contributed by atoms with van der Waals surface area (Å²) in [6.07, 6.45) is -4.51. The summed E-state index contributed by atoms with van der Waals surface area (Å²) in [6.45, 7) is 0. The molecule has 1 rings (SSSR count). The molecule has 14 heavy (non-hydrogen) atoms. The molecule has 78 valence electrons. The van der Waals surface area contributed by atoms with Gasteiger partial charge in [-0.05, 0) is 18.2 Å². The molecule has 0 saturated heterocycles. The molecule has 0 N–H and O–H groups in total. The Labute approximate surface area is 113 Å². The Morgan fingerprint density at radius 3 is 2.00 bits per heavy atom. The Balaban J connectivity index is -0.000000180. The third-order valence-corrected chi connectivity index (χ3v) is 1.47. The third-order valence-electron chi connectivity index (χ3n) is 1.21. The molecule has 0 aliphatic carbocycles. The standard InChI is InChI=1S/C7H4F4S.BrH.Mg.2H/c8-5-1-4(7(9,10)11)2-6(12)3-5;;;;/h1-3,12H;1H;;;/q;;+2;2*-1. The fourth-order valence-corrected chi connectivity index (χ4v) is 1.00. The number of alkyl halides is 3. The van der Waals surface area contributed by atoms with Crippen LogP contribution in [0, 0.1) is 5.82 Å². The molecule has 0 spiro atoms. The van der Waals surface area contributed by atoms with Crippen LogP contribution in [0.3, 0.4) is 0 Å². The number of hydrogen-bond acceptors (Lipinski definition) is 1. The van der Waals surface area contributed by atoms with Gasteiger partial charge in [0.1, 0.15) is 5.82 Å². The van der Waals surface area contributed by atoms with Crippen LogP contribution in [0.15, 0.2) is 23.1 Å². The third kappa shape index (κ3) is 4.86. The first-order valence-corrected chi connectivity index (χ1v) is 3.41. The number of hydrogen-bond donors (Lipinski definition) is 1. The van der Waals surface area contributed by atoms with Gasteiger partial charge in [-0.15, -0.1) is 29.6 Å². The Hall–Kier alpha value is 0.536. The van der Waals surface area contributed by atoms with E-state index in [-0.39, 0.29) is 47.8 Å². The zero-order valence-electron chi connectivity index (χ0n) is 8.81. The zero-order chi connectivity index (χ0) is 9.35. The molecule has 0 atom stereocenters. The van der Waals surface area contributed by atoms with Crippen molar-refractivity contribution in [3.05, 3.63) is 29.6 Å². The second-order valence-electron chi connectivity index (χ2n) is 2.20. The van der Waals surface area contributed by atoms with Gasteiger partial charge in [-0.2, -0.15) is 13.2 Å². The molecule has 0 radical (unpaired) electrons. The quantitative estimate of drug-likeness (QED) is 0.423. The molecule has 7 heteroatoms. The first-order valence-electron chi connectivity index (χ1n) is 2.96. The Morgan fingerprint density at radius 2 is 1.64 bits per heavy atom. The maximum absolute atomic E-state index is 12.4. The predicted octanol–water partition coefficient (Wildman–Crippen LogP) is 3.56. The van der Waals surface area contributed by atoms with Crippen LogP contribution in [0.1, 0.15) is 8.42 Å². The summed E-state index contributed by atoms with van der Waals surface area (Å²) < 4.78 is 48.3. The molecule has 0 heterocycles. The minimum atomic E-state index is -4.51. The van der Waals surface area contributed by atoms with E-state index >= 15 is 0 Å². The van der Waals surface area contributed by atoms with Crippen molar-refractivity contribution >= 4 is 52.7 Å². The normalized spacial score (nSPS) is 10.1. The Kier molecular flexibility index (Phi) is 7.50. The molecule has 0 bridgehead atoms. The Bertz CT molecular complexity index is 291. The van der Waals surface area contributed by atoms with Crippen molar-refractivity contribution in [1.29, 1.82) is 0 Å². The van der Waals surface area contributed by atoms with E-state index in [0.717, 1.165) is 12.1 Å². The molecule has 1 aromatic rings. The first kappa shape index (κ1) is 16.9. The van der Waals surface area contributed by atoms with Crippen molar-refractivity contribution in [2.45, 2.75) is 11.1 Å². The fraction of sp³-hybridized carbons (Fsp3) is 0.143. The smallest absolute Gasteiger partial charge is 1.00 e. The zero-order valence-corrected chi connectivity index (χ0v) is 10.8. The van der Waals surface area contributed by atoms with Crippen molar-refractivity contribution in [2.24, 2.45) is 0 Å². The number of rotatable bonds is 0. The van der Waals surface area contributed by atoms with Gasteiger partial charge in [0.05, 0.1) is 5.56 Å². The average Bonchev–Trinajstić information content (AvgIpc) is 1.82. The van der Waals surface area contributed by atoms with E-state index in [1.807, 2.05) is 0 Å². The summed E-state index contributed by atoms with van der Waals surface area (Å²) in [5, 5.41) is 0. The summed E-state index contributed by atoms with van der Waals surface area (Å²) in [6, 6.07) is 2.12.